The van der Waals surface area contributed by atoms with E-state index in [2.05, 4.69) is 26.2 Å². The molecule has 1 saturated heterocycles. The van der Waals surface area contributed by atoms with Gasteiger partial charge >= 0.3 is 0 Å². The molecular weight excluding hydrogens is 545 g/mol. The molecule has 2 fully saturated rings. The molecule has 5 rings (SSSR count). The van der Waals surface area contributed by atoms with Crippen molar-refractivity contribution in [1.82, 2.24) is 15.5 Å². The third-order valence-corrected chi connectivity index (χ3v) is 8.94. The number of halogens is 2. The molecule has 0 bridgehead atoms. The monoisotopic (exact) mass is 587 g/mol. The highest BCUT2D eigenvalue weighted by Gasteiger charge is 2.33. The number of rotatable bonds is 8. The minimum absolute atomic E-state index is 0.00634. The van der Waals surface area contributed by atoms with E-state index in [1.165, 1.54) is 32.1 Å². The first-order valence-corrected chi connectivity index (χ1v) is 15.4. The second-order valence-corrected chi connectivity index (χ2v) is 11.8. The van der Waals surface area contributed by atoms with Crippen molar-refractivity contribution in [1.29, 1.82) is 0 Å². The summed E-state index contributed by atoms with van der Waals surface area (Å²) in [5.41, 5.74) is 2.22. The molecule has 8 nitrogen and oxygen atoms in total. The number of nitrogens with zero attached hydrogens (tertiary/aromatic N) is 1. The third kappa shape index (κ3) is 7.37. The van der Waals surface area contributed by atoms with Crippen LogP contribution in [0.25, 0.3) is 0 Å². The summed E-state index contributed by atoms with van der Waals surface area (Å²) >= 11 is 6.13. The van der Waals surface area contributed by atoms with Crippen molar-refractivity contribution in [3.8, 4) is 11.5 Å². The van der Waals surface area contributed by atoms with Gasteiger partial charge in [0.15, 0.2) is 17.3 Å². The summed E-state index contributed by atoms with van der Waals surface area (Å²) in [6.45, 7) is 1.98. The predicted molar refractivity (Wildman–Crippen MR) is 161 cm³/mol. The molecule has 10 heteroatoms. The van der Waals surface area contributed by atoms with Gasteiger partial charge in [-0.2, -0.15) is 0 Å². The molecule has 2 aliphatic heterocycles. The second-order valence-electron chi connectivity index (χ2n) is 11.4. The molecule has 3 aliphatic rings. The molecule has 2 heterocycles. The quantitative estimate of drug-likeness (QED) is 0.306. The van der Waals surface area contributed by atoms with Crippen LogP contribution in [0.2, 0.25) is 5.02 Å². The standard InChI is InChI=1S/C31H43ClFN5O3/c1-34-28(39)19-38-15-13-21(14-16-38)41-27-17-22-25(18-26(27)40-2)36-30(20-9-6-4-3-5-7-10-20)37-31(22)35-24-12-8-11-23(32)29(24)33/h8,11-12,17-18,20-21,30-31,35-37H,3-7,9-10,13-16,19H2,1-2H3,(H,34,39). The lowest BCUT2D eigenvalue weighted by atomic mass is 9.87. The molecule has 1 saturated carbocycles. The van der Waals surface area contributed by atoms with Gasteiger partial charge in [-0.15, -0.1) is 0 Å². The Morgan fingerprint density at radius 3 is 2.51 bits per heavy atom. The number of amides is 1. The minimum atomic E-state index is -0.466. The third-order valence-electron chi connectivity index (χ3n) is 8.65. The molecule has 0 aromatic heterocycles. The van der Waals surface area contributed by atoms with Crippen molar-refractivity contribution in [3.05, 3.63) is 46.7 Å². The van der Waals surface area contributed by atoms with E-state index in [4.69, 9.17) is 21.1 Å². The number of likely N-dealkylation sites (N-methyl/N-ethyl adjacent to an activating group) is 1. The fourth-order valence-corrected chi connectivity index (χ4v) is 6.46. The topological polar surface area (TPSA) is 86.9 Å². The summed E-state index contributed by atoms with van der Waals surface area (Å²) in [6.07, 6.45) is 9.89. The van der Waals surface area contributed by atoms with Gasteiger partial charge in [-0.3, -0.25) is 15.0 Å². The summed E-state index contributed by atoms with van der Waals surface area (Å²) < 4.78 is 27.3. The Kier molecular flexibility index (Phi) is 10.1. The summed E-state index contributed by atoms with van der Waals surface area (Å²) in [6, 6.07) is 9.02. The number of piperidine rings is 1. The molecule has 1 aliphatic carbocycles. The molecule has 0 radical (unpaired) electrons. The van der Waals surface area contributed by atoms with Gasteiger partial charge in [0.25, 0.3) is 0 Å². The number of methoxy groups -OCH3 is 1. The molecule has 224 valence electrons. The van der Waals surface area contributed by atoms with Crippen LogP contribution in [0.4, 0.5) is 15.8 Å². The predicted octanol–water partition coefficient (Wildman–Crippen LogP) is 5.89. The van der Waals surface area contributed by atoms with E-state index >= 15 is 4.39 Å². The molecule has 2 atom stereocenters. The van der Waals surface area contributed by atoms with Crippen molar-refractivity contribution < 1.29 is 18.7 Å². The number of fused-ring (bicyclic) bond motifs is 1. The zero-order valence-corrected chi connectivity index (χ0v) is 24.9. The van der Waals surface area contributed by atoms with Gasteiger partial charge in [-0.25, -0.2) is 4.39 Å². The van der Waals surface area contributed by atoms with Gasteiger partial charge in [0.1, 0.15) is 12.3 Å². The summed E-state index contributed by atoms with van der Waals surface area (Å²) in [4.78, 5) is 13.9. The van der Waals surface area contributed by atoms with E-state index in [0.717, 1.165) is 50.0 Å². The highest BCUT2D eigenvalue weighted by Crippen LogP contribution is 2.42. The molecule has 4 N–H and O–H groups in total. The molecule has 1 amide bonds. The van der Waals surface area contributed by atoms with Gasteiger partial charge in [0.05, 0.1) is 30.5 Å². The van der Waals surface area contributed by atoms with Crippen molar-refractivity contribution in [3.63, 3.8) is 0 Å². The van der Waals surface area contributed by atoms with Crippen LogP contribution in [0.1, 0.15) is 69.5 Å². The molecule has 2 aromatic carbocycles. The van der Waals surface area contributed by atoms with E-state index in [1.807, 2.05) is 12.1 Å². The fraction of sp³-hybridized carbons (Fsp3) is 0.581. The van der Waals surface area contributed by atoms with Crippen LogP contribution in [-0.2, 0) is 4.79 Å². The number of benzene rings is 2. The Labute approximate surface area is 247 Å². The number of likely N-dealkylation sites (tertiary alicyclic amines) is 1. The largest absolute Gasteiger partial charge is 0.493 e. The van der Waals surface area contributed by atoms with E-state index < -0.39 is 5.82 Å². The van der Waals surface area contributed by atoms with Crippen LogP contribution in [0.15, 0.2) is 30.3 Å². The molecule has 41 heavy (non-hydrogen) atoms. The number of hydrogen-bond donors (Lipinski definition) is 4. The maximum atomic E-state index is 15.0. The first-order chi connectivity index (χ1) is 19.9. The van der Waals surface area contributed by atoms with Crippen molar-refractivity contribution in [2.24, 2.45) is 5.92 Å². The second kappa shape index (κ2) is 13.9. The van der Waals surface area contributed by atoms with E-state index in [-0.39, 0.29) is 29.4 Å². The number of ether oxygens (including phenoxy) is 2. The average Bonchev–Trinajstić information content (AvgIpc) is 2.96. The minimum Gasteiger partial charge on any atom is -0.493 e. The van der Waals surface area contributed by atoms with Crippen molar-refractivity contribution >= 4 is 28.9 Å². The fourth-order valence-electron chi connectivity index (χ4n) is 6.28. The van der Waals surface area contributed by atoms with Crippen LogP contribution in [0.5, 0.6) is 11.5 Å². The van der Waals surface area contributed by atoms with Crippen LogP contribution >= 0.6 is 11.6 Å². The van der Waals surface area contributed by atoms with Crippen LogP contribution in [0, 0.1) is 11.7 Å². The molecule has 2 unspecified atom stereocenters. The maximum absolute atomic E-state index is 15.0. The lowest BCUT2D eigenvalue weighted by molar-refractivity contribution is -0.122. The zero-order valence-electron chi connectivity index (χ0n) is 24.1. The first-order valence-electron chi connectivity index (χ1n) is 15.0. The number of nitrogens with one attached hydrogen (secondary N) is 4. The van der Waals surface area contributed by atoms with E-state index in [0.29, 0.717) is 29.6 Å². The van der Waals surface area contributed by atoms with Crippen LogP contribution in [-0.4, -0.2) is 56.9 Å². The molecule has 0 spiro atoms. The Bertz CT molecular complexity index is 1180. The van der Waals surface area contributed by atoms with Gasteiger partial charge in [-0.05, 0) is 49.8 Å². The van der Waals surface area contributed by atoms with Crippen molar-refractivity contribution in [2.45, 2.75) is 76.2 Å². The SMILES string of the molecule is CNC(=O)CN1CCC(Oc2cc3c(cc2OC)NC(C2CCCCCCC2)NC3Nc2cccc(Cl)c2F)CC1. The Balaban J connectivity index is 1.39. The summed E-state index contributed by atoms with van der Waals surface area (Å²) in [5.74, 6) is 1.33. The summed E-state index contributed by atoms with van der Waals surface area (Å²) in [5, 5.41) is 13.7. The summed E-state index contributed by atoms with van der Waals surface area (Å²) in [7, 11) is 3.32. The number of carbonyl (C=O) groups is 1. The average molecular weight is 588 g/mol. The number of hydrogen-bond acceptors (Lipinski definition) is 7. The molecule has 2 aromatic rings. The van der Waals surface area contributed by atoms with Gasteiger partial charge in [-0.1, -0.05) is 49.8 Å². The number of carbonyl (C=O) groups excluding carboxylic acids is 1. The number of anilines is 2. The highest BCUT2D eigenvalue weighted by atomic mass is 35.5. The van der Waals surface area contributed by atoms with Crippen LogP contribution < -0.4 is 30.7 Å². The Morgan fingerprint density at radius 2 is 1.80 bits per heavy atom. The van der Waals surface area contributed by atoms with Crippen molar-refractivity contribution in [2.75, 3.05) is 44.4 Å². The Morgan fingerprint density at radius 1 is 1.07 bits per heavy atom. The first kappa shape index (κ1) is 29.7. The smallest absolute Gasteiger partial charge is 0.233 e. The van der Waals surface area contributed by atoms with Gasteiger partial charge in [0.2, 0.25) is 5.91 Å². The normalized spacial score (nSPS) is 22.5. The van der Waals surface area contributed by atoms with Crippen LogP contribution in [0.3, 0.4) is 0 Å². The van der Waals surface area contributed by atoms with E-state index in [1.54, 1.807) is 32.4 Å². The van der Waals surface area contributed by atoms with Gasteiger partial charge < -0.3 is 25.4 Å². The van der Waals surface area contributed by atoms with Gasteiger partial charge in [0, 0.05) is 37.5 Å². The van der Waals surface area contributed by atoms with E-state index in [9.17, 15) is 4.79 Å². The lowest BCUT2D eigenvalue weighted by Gasteiger charge is -2.40. The highest BCUT2D eigenvalue weighted by molar-refractivity contribution is 6.31. The maximum Gasteiger partial charge on any atom is 0.233 e. The molecular formula is C31H43ClFN5O3. The lowest BCUT2D eigenvalue weighted by Crippen LogP contribution is -2.50. The Hall–Kier alpha value is -2.75. The zero-order chi connectivity index (χ0) is 28.8.